The van der Waals surface area contributed by atoms with E-state index < -0.39 is 5.41 Å². The molecule has 5 heteroatoms. The van der Waals surface area contributed by atoms with Gasteiger partial charge in [-0.2, -0.15) is 5.06 Å². The zero-order valence-corrected chi connectivity index (χ0v) is 38.7. The summed E-state index contributed by atoms with van der Waals surface area (Å²) in [4.78, 5) is 12.0. The molecule has 3 heterocycles. The van der Waals surface area contributed by atoms with Crippen molar-refractivity contribution >= 4 is 38.9 Å². The smallest absolute Gasteiger partial charge is 0.138 e. The van der Waals surface area contributed by atoms with Crippen molar-refractivity contribution in [3.05, 3.63) is 259 Å². The molecular formula is C64H48N4O. The average Bonchev–Trinajstić information content (AvgIpc) is 4.06. The highest BCUT2D eigenvalue weighted by Gasteiger charge is 2.47. The Balaban J connectivity index is 1.05. The number of nitrogens with zero attached hydrogens (tertiary/aromatic N) is 4. The van der Waals surface area contributed by atoms with Crippen LogP contribution in [0.3, 0.4) is 0 Å². The summed E-state index contributed by atoms with van der Waals surface area (Å²) in [6.45, 7) is 6.54. The van der Waals surface area contributed by atoms with Crippen LogP contribution in [-0.2, 0) is 10.4 Å². The molecule has 0 amide bonds. The number of hydrogen-bond acceptors (Lipinski definition) is 4. The van der Waals surface area contributed by atoms with Gasteiger partial charge in [0, 0.05) is 17.0 Å². The fraction of sp³-hybridized carbons (Fsp3) is 0.0781. The third-order valence-electron chi connectivity index (χ3n) is 14.2. The highest BCUT2D eigenvalue weighted by atomic mass is 16.9. The first kappa shape index (κ1) is 40.7. The summed E-state index contributed by atoms with van der Waals surface area (Å²) in [5, 5.41) is 6.36. The van der Waals surface area contributed by atoms with E-state index in [1.54, 1.807) is 0 Å². The SMILES string of the molecule is CC(C)(C)N1ON(c2cccc(C3(c4ccc5c6ccccc6n(-c6cc(-c7c(-c8ccccc8)cccc7-c7ccccc7)ccn6)c5c4)c4ccccc4-c4ccccc43)c2)c2ccccc21. The predicted molar refractivity (Wildman–Crippen MR) is 284 cm³/mol. The van der Waals surface area contributed by atoms with Gasteiger partial charge in [0.1, 0.15) is 5.82 Å². The van der Waals surface area contributed by atoms with Crippen molar-refractivity contribution in [2.75, 3.05) is 10.1 Å². The molecule has 330 valence electrons. The summed E-state index contributed by atoms with van der Waals surface area (Å²) in [5.41, 5.74) is 18.5. The van der Waals surface area contributed by atoms with Gasteiger partial charge >= 0.3 is 0 Å². The van der Waals surface area contributed by atoms with E-state index in [0.717, 1.165) is 45.0 Å². The molecule has 0 bridgehead atoms. The molecule has 0 atom stereocenters. The van der Waals surface area contributed by atoms with Crippen molar-refractivity contribution in [3.63, 3.8) is 0 Å². The standard InChI is InChI=1S/C64H48N4O/c1-63(2,3)68-59-35-17-16-34-58(59)67(69-68)48-25-18-24-46(41-48)64(55-31-13-10-26-51(55)52-27-11-14-32-56(52)64)47-36-37-54-53-28-12-15-33-57(53)66(60(54)42-47)61-40-45(38-39-65-61)62-49(43-20-6-4-7-21-43)29-19-30-50(62)44-22-8-5-9-23-44/h4-42H,1-3H3. The number of aromatic nitrogens is 2. The molecular weight excluding hydrogens is 841 g/mol. The van der Waals surface area contributed by atoms with Gasteiger partial charge in [0.05, 0.1) is 39.0 Å². The van der Waals surface area contributed by atoms with Crippen molar-refractivity contribution in [2.45, 2.75) is 31.7 Å². The van der Waals surface area contributed by atoms with Gasteiger partial charge in [-0.05, 0) is 136 Å². The molecule has 0 fully saturated rings. The molecule has 69 heavy (non-hydrogen) atoms. The molecule has 0 spiro atoms. The number of anilines is 3. The zero-order chi connectivity index (χ0) is 46.3. The third-order valence-corrected chi connectivity index (χ3v) is 14.2. The third kappa shape index (κ3) is 6.31. The number of pyridine rings is 1. The maximum atomic E-state index is 6.80. The van der Waals surface area contributed by atoms with E-state index >= 15 is 0 Å². The monoisotopic (exact) mass is 888 g/mol. The first-order chi connectivity index (χ1) is 33.9. The van der Waals surface area contributed by atoms with E-state index in [1.807, 2.05) is 16.3 Å². The van der Waals surface area contributed by atoms with Crippen LogP contribution in [0.5, 0.6) is 0 Å². The van der Waals surface area contributed by atoms with Crippen molar-refractivity contribution in [1.29, 1.82) is 0 Å². The Morgan fingerprint density at radius 3 is 1.70 bits per heavy atom. The summed E-state index contributed by atoms with van der Waals surface area (Å²) in [6, 6.07) is 83.7. The summed E-state index contributed by atoms with van der Waals surface area (Å²) < 4.78 is 2.37. The maximum absolute atomic E-state index is 6.80. The van der Waals surface area contributed by atoms with Gasteiger partial charge in [0.15, 0.2) is 0 Å². The summed E-state index contributed by atoms with van der Waals surface area (Å²) in [5.74, 6) is 0.856. The van der Waals surface area contributed by atoms with Crippen LogP contribution in [0.2, 0.25) is 0 Å². The van der Waals surface area contributed by atoms with Crippen LogP contribution < -0.4 is 10.1 Å². The van der Waals surface area contributed by atoms with Gasteiger partial charge < -0.3 is 0 Å². The Morgan fingerprint density at radius 1 is 0.435 bits per heavy atom. The minimum absolute atomic E-state index is 0.273. The number of hydroxylamine groups is 1. The Labute approximate surface area is 402 Å². The normalized spacial score (nSPS) is 13.7. The first-order valence-electron chi connectivity index (χ1n) is 23.8. The van der Waals surface area contributed by atoms with Crippen LogP contribution in [0.4, 0.5) is 17.1 Å². The van der Waals surface area contributed by atoms with Crippen LogP contribution in [-0.4, -0.2) is 15.1 Å². The van der Waals surface area contributed by atoms with Gasteiger partial charge in [-0.25, -0.2) is 10.0 Å². The highest BCUT2D eigenvalue weighted by molar-refractivity contribution is 6.10. The highest BCUT2D eigenvalue weighted by Crippen LogP contribution is 2.57. The fourth-order valence-corrected chi connectivity index (χ4v) is 11.3. The molecule has 11 aromatic rings. The van der Waals surface area contributed by atoms with E-state index in [9.17, 15) is 0 Å². The molecule has 0 radical (unpaired) electrons. The van der Waals surface area contributed by atoms with Crippen molar-refractivity contribution in [3.8, 4) is 50.3 Å². The fourth-order valence-electron chi connectivity index (χ4n) is 11.3. The van der Waals surface area contributed by atoms with Crippen LogP contribution in [0.25, 0.3) is 72.1 Å². The van der Waals surface area contributed by atoms with E-state index in [4.69, 9.17) is 9.92 Å². The summed E-state index contributed by atoms with van der Waals surface area (Å²) in [7, 11) is 0. The van der Waals surface area contributed by atoms with Crippen molar-refractivity contribution in [1.82, 2.24) is 9.55 Å². The van der Waals surface area contributed by atoms with E-state index in [2.05, 4.69) is 256 Å². The van der Waals surface area contributed by atoms with Crippen molar-refractivity contribution < 1.29 is 4.94 Å². The summed E-state index contributed by atoms with van der Waals surface area (Å²) in [6.07, 6.45) is 1.97. The molecule has 2 aliphatic rings. The minimum Gasteiger partial charge on any atom is -0.294 e. The second kappa shape index (κ2) is 15.8. The molecule has 0 unspecified atom stereocenters. The number of fused-ring (bicyclic) bond motifs is 7. The van der Waals surface area contributed by atoms with Gasteiger partial charge in [0.25, 0.3) is 0 Å². The number of para-hydroxylation sites is 3. The second-order valence-corrected chi connectivity index (χ2v) is 19.2. The largest absolute Gasteiger partial charge is 0.294 e. The van der Waals surface area contributed by atoms with Crippen molar-refractivity contribution in [2.24, 2.45) is 0 Å². The quantitative estimate of drug-likeness (QED) is 0.160. The Morgan fingerprint density at radius 2 is 1.00 bits per heavy atom. The Hall–Kier alpha value is -8.51. The molecule has 2 aromatic heterocycles. The van der Waals surface area contributed by atoms with Gasteiger partial charge in [0.2, 0.25) is 0 Å². The molecule has 5 nitrogen and oxygen atoms in total. The van der Waals surface area contributed by atoms with Crippen LogP contribution in [0.1, 0.15) is 43.0 Å². The van der Waals surface area contributed by atoms with Crippen LogP contribution in [0, 0.1) is 0 Å². The second-order valence-electron chi connectivity index (χ2n) is 19.2. The van der Waals surface area contributed by atoms with E-state index in [0.29, 0.717) is 0 Å². The Kier molecular flexibility index (Phi) is 9.33. The lowest BCUT2D eigenvalue weighted by atomic mass is 9.67. The molecule has 0 N–H and O–H groups in total. The van der Waals surface area contributed by atoms with Gasteiger partial charge in [-0.3, -0.25) is 4.57 Å². The molecule has 0 saturated heterocycles. The number of rotatable bonds is 7. The zero-order valence-electron chi connectivity index (χ0n) is 38.7. The van der Waals surface area contributed by atoms with Gasteiger partial charge in [-0.1, -0.05) is 182 Å². The number of hydrogen-bond donors (Lipinski definition) is 0. The van der Waals surface area contributed by atoms with E-state index in [1.165, 1.54) is 66.4 Å². The topological polar surface area (TPSA) is 33.5 Å². The lowest BCUT2D eigenvalue weighted by Gasteiger charge is -2.35. The molecule has 9 aromatic carbocycles. The molecule has 1 aliphatic heterocycles. The predicted octanol–water partition coefficient (Wildman–Crippen LogP) is 16.1. The Bertz CT molecular complexity index is 3670. The molecule has 0 saturated carbocycles. The van der Waals surface area contributed by atoms with E-state index in [-0.39, 0.29) is 5.54 Å². The number of benzene rings is 9. The average molecular weight is 889 g/mol. The first-order valence-corrected chi connectivity index (χ1v) is 23.8. The van der Waals surface area contributed by atoms with Crippen LogP contribution >= 0.6 is 0 Å². The summed E-state index contributed by atoms with van der Waals surface area (Å²) >= 11 is 0. The van der Waals surface area contributed by atoms with Gasteiger partial charge in [-0.15, -0.1) is 4.94 Å². The lowest BCUT2D eigenvalue weighted by molar-refractivity contribution is 0.0842. The lowest BCUT2D eigenvalue weighted by Crippen LogP contribution is -2.41. The maximum Gasteiger partial charge on any atom is 0.138 e. The molecule has 13 rings (SSSR count). The van der Waals surface area contributed by atoms with Crippen LogP contribution in [0.15, 0.2) is 237 Å². The molecule has 1 aliphatic carbocycles. The minimum atomic E-state index is -0.684.